The molecule has 9 heteroatoms. The number of aromatic nitrogens is 1. The number of benzene rings is 2. The van der Waals surface area contributed by atoms with Crippen LogP contribution in [0.3, 0.4) is 0 Å². The maximum atomic E-state index is 14.2. The first-order valence-corrected chi connectivity index (χ1v) is 12.1. The van der Waals surface area contributed by atoms with E-state index in [9.17, 15) is 19.7 Å². The van der Waals surface area contributed by atoms with E-state index in [0.29, 0.717) is 11.4 Å². The average molecular weight is 473 g/mol. The Labute approximate surface area is 199 Å². The van der Waals surface area contributed by atoms with Crippen LogP contribution in [-0.4, -0.2) is 44.2 Å². The fraction of sp³-hybridized carbons (Fsp3) is 0.240. The molecule has 0 saturated carbocycles. The van der Waals surface area contributed by atoms with Crippen molar-refractivity contribution >= 4 is 34.8 Å². The molecule has 4 unspecified atom stereocenters. The van der Waals surface area contributed by atoms with Gasteiger partial charge in [-0.1, -0.05) is 30.3 Å². The van der Waals surface area contributed by atoms with Crippen molar-refractivity contribution in [1.82, 2.24) is 9.88 Å². The summed E-state index contributed by atoms with van der Waals surface area (Å²) in [5.41, 5.74) is 1.62. The number of ketones is 1. The molecular formula is C25H20N4O4S. The van der Waals surface area contributed by atoms with Gasteiger partial charge in [-0.2, -0.15) is 0 Å². The number of pyridine rings is 1. The Morgan fingerprint density at radius 3 is 2.68 bits per heavy atom. The summed E-state index contributed by atoms with van der Waals surface area (Å²) in [6.07, 6.45) is 3.15. The normalized spacial score (nSPS) is 27.4. The second kappa shape index (κ2) is 7.75. The van der Waals surface area contributed by atoms with Crippen LogP contribution in [-0.2, 0) is 10.3 Å². The molecule has 3 aromatic rings. The topological polar surface area (TPSA) is 105 Å². The predicted molar refractivity (Wildman–Crippen MR) is 128 cm³/mol. The zero-order valence-corrected chi connectivity index (χ0v) is 18.8. The van der Waals surface area contributed by atoms with Crippen LogP contribution in [0.1, 0.15) is 27.4 Å². The van der Waals surface area contributed by atoms with E-state index < -0.39 is 16.4 Å². The van der Waals surface area contributed by atoms with Crippen molar-refractivity contribution in [1.29, 1.82) is 0 Å². The number of hydrogen-bond donors (Lipinski definition) is 1. The maximum Gasteiger partial charge on any atom is 0.269 e. The van der Waals surface area contributed by atoms with E-state index >= 15 is 0 Å². The highest BCUT2D eigenvalue weighted by atomic mass is 32.2. The van der Waals surface area contributed by atoms with Gasteiger partial charge in [-0.3, -0.25) is 29.6 Å². The number of para-hydroxylation sites is 1. The Kier molecular flexibility index (Phi) is 4.79. The summed E-state index contributed by atoms with van der Waals surface area (Å²) in [5, 5.41) is 14.3. The fourth-order valence-electron chi connectivity index (χ4n) is 5.91. The van der Waals surface area contributed by atoms with Crippen LogP contribution >= 0.6 is 11.8 Å². The molecule has 2 aromatic carbocycles. The first-order valence-electron chi connectivity index (χ1n) is 11.0. The van der Waals surface area contributed by atoms with Gasteiger partial charge < -0.3 is 5.32 Å². The van der Waals surface area contributed by atoms with Gasteiger partial charge in [-0.05, 0) is 23.8 Å². The van der Waals surface area contributed by atoms with E-state index in [1.807, 2.05) is 24.3 Å². The lowest BCUT2D eigenvalue weighted by Crippen LogP contribution is -2.52. The summed E-state index contributed by atoms with van der Waals surface area (Å²) >= 11 is 1.73. The molecule has 3 aliphatic heterocycles. The molecule has 3 aliphatic rings. The molecule has 2 fully saturated rings. The van der Waals surface area contributed by atoms with Crippen molar-refractivity contribution in [2.24, 2.45) is 5.92 Å². The van der Waals surface area contributed by atoms with Gasteiger partial charge in [0.1, 0.15) is 5.54 Å². The summed E-state index contributed by atoms with van der Waals surface area (Å²) < 4.78 is 0. The summed E-state index contributed by atoms with van der Waals surface area (Å²) in [6, 6.07) is 17.3. The van der Waals surface area contributed by atoms with Gasteiger partial charge in [0.2, 0.25) is 5.91 Å². The lowest BCUT2D eigenvalue weighted by molar-refractivity contribution is -0.384. The average Bonchev–Trinajstić information content (AvgIpc) is 3.52. The molecule has 4 heterocycles. The first-order chi connectivity index (χ1) is 16.5. The van der Waals surface area contributed by atoms with Gasteiger partial charge in [0, 0.05) is 64.9 Å². The van der Waals surface area contributed by atoms with Crippen LogP contribution in [0, 0.1) is 16.0 Å². The number of thioether (sulfide) groups is 1. The van der Waals surface area contributed by atoms with Gasteiger partial charge in [0.25, 0.3) is 5.69 Å². The molecule has 0 aliphatic carbocycles. The fourth-order valence-corrected chi connectivity index (χ4v) is 7.24. The molecule has 1 N–H and O–H groups in total. The summed E-state index contributed by atoms with van der Waals surface area (Å²) in [6.45, 7) is 0. The Hall–Kier alpha value is -3.56. The van der Waals surface area contributed by atoms with Crippen molar-refractivity contribution < 1.29 is 14.5 Å². The zero-order valence-electron chi connectivity index (χ0n) is 18.0. The Morgan fingerprint density at radius 1 is 1.15 bits per heavy atom. The number of non-ortho nitro benzene ring substituents is 1. The molecule has 2 saturated heterocycles. The van der Waals surface area contributed by atoms with Crippen LogP contribution in [0.25, 0.3) is 0 Å². The molecule has 4 atom stereocenters. The molecule has 6 rings (SSSR count). The lowest BCUT2D eigenvalue weighted by Gasteiger charge is -2.36. The Morgan fingerprint density at radius 2 is 1.94 bits per heavy atom. The SMILES string of the molecule is O=C(c1cccnc1)C1C(c2ccc([N+](=O)[O-])cc2)C2CSCN2C12C(=O)Nc1ccccc12. The third-order valence-electron chi connectivity index (χ3n) is 7.25. The third kappa shape index (κ3) is 2.80. The number of nitrogens with zero attached hydrogens (tertiary/aromatic N) is 3. The van der Waals surface area contributed by atoms with Crippen molar-refractivity contribution in [2.45, 2.75) is 17.5 Å². The van der Waals surface area contributed by atoms with E-state index in [2.05, 4.69) is 15.2 Å². The van der Waals surface area contributed by atoms with Crippen LogP contribution in [0.15, 0.2) is 73.1 Å². The number of rotatable bonds is 4. The summed E-state index contributed by atoms with van der Waals surface area (Å²) in [5.74, 6) is -0.00811. The van der Waals surface area contributed by atoms with Crippen molar-refractivity contribution in [3.8, 4) is 0 Å². The first kappa shape index (κ1) is 21.0. The molecule has 1 amide bonds. The maximum absolute atomic E-state index is 14.2. The van der Waals surface area contributed by atoms with E-state index in [4.69, 9.17) is 0 Å². The highest BCUT2D eigenvalue weighted by molar-refractivity contribution is 7.99. The van der Waals surface area contributed by atoms with Crippen molar-refractivity contribution in [3.05, 3.63) is 99.9 Å². The quantitative estimate of drug-likeness (QED) is 0.350. The molecule has 1 spiro atoms. The van der Waals surface area contributed by atoms with E-state index in [0.717, 1.165) is 22.6 Å². The smallest absolute Gasteiger partial charge is 0.269 e. The lowest BCUT2D eigenvalue weighted by atomic mass is 9.69. The molecule has 0 bridgehead atoms. The van der Waals surface area contributed by atoms with Crippen molar-refractivity contribution in [2.75, 3.05) is 16.9 Å². The minimum absolute atomic E-state index is 0.00629. The third-order valence-corrected chi connectivity index (χ3v) is 8.28. The van der Waals surface area contributed by atoms with E-state index in [1.54, 1.807) is 48.4 Å². The van der Waals surface area contributed by atoms with Gasteiger partial charge in [-0.15, -0.1) is 11.8 Å². The van der Waals surface area contributed by atoms with E-state index in [-0.39, 0.29) is 29.3 Å². The number of nitro groups is 1. The predicted octanol–water partition coefficient (Wildman–Crippen LogP) is 3.81. The number of amides is 1. The van der Waals surface area contributed by atoms with Crippen LogP contribution < -0.4 is 5.32 Å². The number of anilines is 1. The number of fused-ring (bicyclic) bond motifs is 4. The Bertz CT molecular complexity index is 1320. The van der Waals surface area contributed by atoms with Crippen molar-refractivity contribution in [3.63, 3.8) is 0 Å². The highest BCUT2D eigenvalue weighted by Crippen LogP contribution is 2.61. The molecule has 1 aromatic heterocycles. The molecular weight excluding hydrogens is 452 g/mol. The second-order valence-corrected chi connectivity index (χ2v) is 9.76. The molecule has 0 radical (unpaired) electrons. The summed E-state index contributed by atoms with van der Waals surface area (Å²) in [4.78, 5) is 45.2. The number of Topliss-reactive ketones (excluding diaryl/α,β-unsaturated/α-hetero) is 1. The number of nitrogens with one attached hydrogen (secondary N) is 1. The van der Waals surface area contributed by atoms with Gasteiger partial charge >= 0.3 is 0 Å². The minimum Gasteiger partial charge on any atom is -0.324 e. The second-order valence-electron chi connectivity index (χ2n) is 8.76. The van der Waals surface area contributed by atoms with Gasteiger partial charge in [0.15, 0.2) is 5.78 Å². The van der Waals surface area contributed by atoms with E-state index in [1.165, 1.54) is 12.1 Å². The van der Waals surface area contributed by atoms with Gasteiger partial charge in [0.05, 0.1) is 10.8 Å². The Balaban J connectivity index is 1.59. The van der Waals surface area contributed by atoms with Crippen LogP contribution in [0.4, 0.5) is 11.4 Å². The highest BCUT2D eigenvalue weighted by Gasteiger charge is 2.69. The zero-order chi connectivity index (χ0) is 23.4. The number of nitro benzene ring substituents is 1. The van der Waals surface area contributed by atoms with Crippen LogP contribution in [0.5, 0.6) is 0 Å². The number of carbonyl (C=O) groups is 2. The number of carbonyl (C=O) groups excluding carboxylic acids is 2. The minimum atomic E-state index is -1.16. The van der Waals surface area contributed by atoms with Gasteiger partial charge in [-0.25, -0.2) is 0 Å². The molecule has 34 heavy (non-hydrogen) atoms. The molecule has 170 valence electrons. The standard InChI is InChI=1S/C25H20N4O4S/c30-23(16-4-3-11-26-12-16)22-21(15-7-9-17(10-8-15)29(32)33)20-13-34-14-28(20)25(22)18-5-1-2-6-19(18)27-24(25)31/h1-12,20-22H,13-14H2,(H,27,31). The van der Waals surface area contributed by atoms with Crippen LogP contribution in [0.2, 0.25) is 0 Å². The summed E-state index contributed by atoms with van der Waals surface area (Å²) in [7, 11) is 0. The monoisotopic (exact) mass is 472 g/mol. The number of hydrogen-bond acceptors (Lipinski definition) is 7. The largest absolute Gasteiger partial charge is 0.324 e. The molecule has 8 nitrogen and oxygen atoms in total.